The van der Waals surface area contributed by atoms with Crippen LogP contribution in [0.15, 0.2) is 36.7 Å². The van der Waals surface area contributed by atoms with Gasteiger partial charge in [0.25, 0.3) is 0 Å². The molecule has 19 heavy (non-hydrogen) atoms. The first-order valence-corrected chi connectivity index (χ1v) is 7.08. The van der Waals surface area contributed by atoms with Gasteiger partial charge in [-0.2, -0.15) is 0 Å². The van der Waals surface area contributed by atoms with Gasteiger partial charge in [0.2, 0.25) is 0 Å². The van der Waals surface area contributed by atoms with E-state index in [1.165, 1.54) is 30.5 Å². The molecule has 1 fully saturated rings. The molecule has 100 valence electrons. The first-order valence-electron chi connectivity index (χ1n) is 7.08. The lowest BCUT2D eigenvalue weighted by Crippen LogP contribution is -2.28. The Morgan fingerprint density at radius 3 is 2.79 bits per heavy atom. The maximum atomic E-state index is 4.38. The van der Waals surface area contributed by atoms with Crippen LogP contribution in [0, 0.1) is 0 Å². The average Bonchev–Trinajstić information content (AvgIpc) is 2.86. The van der Waals surface area contributed by atoms with Crippen LogP contribution in [0.25, 0.3) is 0 Å². The van der Waals surface area contributed by atoms with Crippen molar-refractivity contribution >= 4 is 0 Å². The van der Waals surface area contributed by atoms with Crippen LogP contribution in [-0.2, 0) is 13.5 Å². The van der Waals surface area contributed by atoms with E-state index in [-0.39, 0.29) is 0 Å². The Morgan fingerprint density at radius 2 is 2.16 bits per heavy atom. The smallest absolute Gasteiger partial charge is 0.112 e. The average molecular weight is 255 g/mol. The fourth-order valence-electron chi connectivity index (χ4n) is 2.79. The molecule has 1 unspecified atom stereocenters. The molecule has 1 atom stereocenters. The first kappa shape index (κ1) is 12.4. The zero-order valence-corrected chi connectivity index (χ0v) is 11.5. The molecule has 0 amide bonds. The summed E-state index contributed by atoms with van der Waals surface area (Å²) in [5, 5.41) is 3.48. The van der Waals surface area contributed by atoms with Crippen molar-refractivity contribution in [3.63, 3.8) is 0 Å². The highest BCUT2D eigenvalue weighted by atomic mass is 15.0. The first-order chi connectivity index (χ1) is 9.33. The van der Waals surface area contributed by atoms with E-state index in [9.17, 15) is 0 Å². The summed E-state index contributed by atoms with van der Waals surface area (Å²) >= 11 is 0. The van der Waals surface area contributed by atoms with Gasteiger partial charge in [-0.1, -0.05) is 24.3 Å². The van der Waals surface area contributed by atoms with E-state index in [1.807, 2.05) is 19.4 Å². The number of piperidine rings is 1. The van der Waals surface area contributed by atoms with Gasteiger partial charge in [0.15, 0.2) is 0 Å². The van der Waals surface area contributed by atoms with Crippen LogP contribution < -0.4 is 5.32 Å². The van der Waals surface area contributed by atoms with E-state index < -0.39 is 0 Å². The molecule has 1 saturated heterocycles. The predicted octanol–water partition coefficient (Wildman–Crippen LogP) is 2.48. The minimum atomic E-state index is 0.691. The van der Waals surface area contributed by atoms with E-state index in [0.29, 0.717) is 5.92 Å². The molecule has 2 heterocycles. The fourth-order valence-corrected chi connectivity index (χ4v) is 2.79. The van der Waals surface area contributed by atoms with Crippen molar-refractivity contribution in [3.05, 3.63) is 53.6 Å². The number of hydrogen-bond donors (Lipinski definition) is 1. The van der Waals surface area contributed by atoms with Gasteiger partial charge in [-0.25, -0.2) is 4.98 Å². The fraction of sp³-hybridized carbons (Fsp3) is 0.438. The number of nitrogens with one attached hydrogen (secondary N) is 1. The monoisotopic (exact) mass is 255 g/mol. The second kappa shape index (κ2) is 5.57. The lowest BCUT2D eigenvalue weighted by Gasteiger charge is -2.23. The Morgan fingerprint density at radius 1 is 1.32 bits per heavy atom. The van der Waals surface area contributed by atoms with Gasteiger partial charge in [-0.05, 0) is 36.4 Å². The van der Waals surface area contributed by atoms with Crippen molar-refractivity contribution in [1.29, 1.82) is 0 Å². The molecule has 0 spiro atoms. The van der Waals surface area contributed by atoms with Crippen molar-refractivity contribution in [2.45, 2.75) is 25.2 Å². The summed E-state index contributed by atoms with van der Waals surface area (Å²) in [7, 11) is 2.05. The number of hydrogen-bond acceptors (Lipinski definition) is 2. The quantitative estimate of drug-likeness (QED) is 0.913. The van der Waals surface area contributed by atoms with Gasteiger partial charge in [0, 0.05) is 32.4 Å². The zero-order valence-electron chi connectivity index (χ0n) is 11.5. The number of nitrogens with zero attached hydrogens (tertiary/aromatic N) is 2. The van der Waals surface area contributed by atoms with Gasteiger partial charge < -0.3 is 9.88 Å². The third-order valence-electron chi connectivity index (χ3n) is 4.03. The Hall–Kier alpha value is -1.61. The number of imidazole rings is 1. The Labute approximate surface area is 114 Å². The second-order valence-electron chi connectivity index (χ2n) is 5.42. The van der Waals surface area contributed by atoms with Crippen LogP contribution in [0.1, 0.15) is 35.7 Å². The third-order valence-corrected chi connectivity index (χ3v) is 4.03. The molecule has 2 aromatic rings. The molecule has 0 saturated carbocycles. The van der Waals surface area contributed by atoms with Gasteiger partial charge in [-0.15, -0.1) is 0 Å². The molecule has 1 aliphatic rings. The minimum Gasteiger partial charge on any atom is -0.338 e. The highest BCUT2D eigenvalue weighted by Gasteiger charge is 2.14. The van der Waals surface area contributed by atoms with Crippen molar-refractivity contribution in [2.24, 2.45) is 7.05 Å². The van der Waals surface area contributed by atoms with Crippen LogP contribution in [0.5, 0.6) is 0 Å². The highest BCUT2D eigenvalue weighted by molar-refractivity contribution is 5.28. The lowest BCUT2D eigenvalue weighted by atomic mass is 9.91. The predicted molar refractivity (Wildman–Crippen MR) is 77.3 cm³/mol. The molecule has 1 N–H and O–H groups in total. The highest BCUT2D eigenvalue weighted by Crippen LogP contribution is 2.23. The van der Waals surface area contributed by atoms with Crippen molar-refractivity contribution in [1.82, 2.24) is 14.9 Å². The van der Waals surface area contributed by atoms with Crippen molar-refractivity contribution in [2.75, 3.05) is 13.1 Å². The molecule has 0 radical (unpaired) electrons. The molecule has 1 aromatic heterocycles. The Bertz CT molecular complexity index is 521. The number of rotatable bonds is 3. The SMILES string of the molecule is Cn1ccnc1Cc1ccc(C2CCCNC2)cc1. The molecular formula is C16H21N3. The van der Waals surface area contributed by atoms with Crippen molar-refractivity contribution < 1.29 is 0 Å². The summed E-state index contributed by atoms with van der Waals surface area (Å²) in [6, 6.07) is 9.07. The topological polar surface area (TPSA) is 29.9 Å². The van der Waals surface area contributed by atoms with Gasteiger partial charge >= 0.3 is 0 Å². The van der Waals surface area contributed by atoms with Crippen LogP contribution in [0.4, 0.5) is 0 Å². The van der Waals surface area contributed by atoms with Crippen molar-refractivity contribution in [3.8, 4) is 0 Å². The molecule has 1 aliphatic heterocycles. The summed E-state index contributed by atoms with van der Waals surface area (Å²) in [5.74, 6) is 1.81. The molecular weight excluding hydrogens is 234 g/mol. The van der Waals surface area contributed by atoms with Gasteiger partial charge in [0.1, 0.15) is 5.82 Å². The van der Waals surface area contributed by atoms with Crippen LogP contribution in [0.2, 0.25) is 0 Å². The number of aryl methyl sites for hydroxylation is 1. The van der Waals surface area contributed by atoms with E-state index in [0.717, 1.165) is 18.8 Å². The maximum Gasteiger partial charge on any atom is 0.112 e. The van der Waals surface area contributed by atoms with E-state index in [4.69, 9.17) is 0 Å². The zero-order chi connectivity index (χ0) is 13.1. The summed E-state index contributed by atoms with van der Waals surface area (Å²) in [4.78, 5) is 4.38. The molecule has 3 heteroatoms. The molecule has 0 aliphatic carbocycles. The van der Waals surface area contributed by atoms with E-state index in [1.54, 1.807) is 0 Å². The standard InChI is InChI=1S/C16H21N3/c1-19-10-9-18-16(19)11-13-4-6-14(7-5-13)15-3-2-8-17-12-15/h4-7,9-10,15,17H,2-3,8,11-12H2,1H3. The Kier molecular flexibility index (Phi) is 3.65. The second-order valence-corrected chi connectivity index (χ2v) is 5.42. The lowest BCUT2D eigenvalue weighted by molar-refractivity contribution is 0.461. The molecule has 3 nitrogen and oxygen atoms in total. The largest absolute Gasteiger partial charge is 0.338 e. The third kappa shape index (κ3) is 2.87. The normalized spacial score (nSPS) is 19.5. The summed E-state index contributed by atoms with van der Waals surface area (Å²) < 4.78 is 2.08. The number of benzene rings is 1. The van der Waals surface area contributed by atoms with Gasteiger partial charge in [-0.3, -0.25) is 0 Å². The maximum absolute atomic E-state index is 4.38. The summed E-state index contributed by atoms with van der Waals surface area (Å²) in [5.41, 5.74) is 2.80. The van der Waals surface area contributed by atoms with Crippen LogP contribution in [-0.4, -0.2) is 22.6 Å². The summed E-state index contributed by atoms with van der Waals surface area (Å²) in [6.45, 7) is 2.30. The Balaban J connectivity index is 1.70. The van der Waals surface area contributed by atoms with E-state index >= 15 is 0 Å². The van der Waals surface area contributed by atoms with E-state index in [2.05, 4.69) is 39.1 Å². The molecule has 0 bridgehead atoms. The van der Waals surface area contributed by atoms with Crippen LogP contribution in [0.3, 0.4) is 0 Å². The van der Waals surface area contributed by atoms with Crippen LogP contribution >= 0.6 is 0 Å². The molecule has 1 aromatic carbocycles. The summed E-state index contributed by atoms with van der Waals surface area (Å²) in [6.07, 6.45) is 7.37. The minimum absolute atomic E-state index is 0.691. The number of aromatic nitrogens is 2. The van der Waals surface area contributed by atoms with Gasteiger partial charge in [0.05, 0.1) is 0 Å². The molecule has 3 rings (SSSR count).